The second-order valence-electron chi connectivity index (χ2n) is 3.47. The highest BCUT2D eigenvalue weighted by atomic mass is 79.9. The third-order valence-electron chi connectivity index (χ3n) is 2.45. The van der Waals surface area contributed by atoms with Crippen LogP contribution in [0.15, 0.2) is 28.9 Å². The molecule has 0 bridgehead atoms. The standard InChI is InChI=1S/C12H10BrNO/c1-7-12-10(5-6-14-7)9(8(2)15)3-4-11(12)13/h3-6H,1-2H3. The first kappa shape index (κ1) is 10.3. The Kier molecular flexibility index (Phi) is 2.57. The van der Waals surface area contributed by atoms with Gasteiger partial charge in [-0.05, 0) is 37.4 Å². The summed E-state index contributed by atoms with van der Waals surface area (Å²) in [6.07, 6.45) is 1.73. The van der Waals surface area contributed by atoms with Crippen LogP contribution in [0.3, 0.4) is 0 Å². The summed E-state index contributed by atoms with van der Waals surface area (Å²) in [4.78, 5) is 15.7. The summed E-state index contributed by atoms with van der Waals surface area (Å²) < 4.78 is 0.980. The van der Waals surface area contributed by atoms with Crippen molar-refractivity contribution in [1.82, 2.24) is 4.98 Å². The number of nitrogens with zero attached hydrogens (tertiary/aromatic N) is 1. The van der Waals surface area contributed by atoms with Crippen LogP contribution in [0.4, 0.5) is 0 Å². The molecular weight excluding hydrogens is 254 g/mol. The molecule has 0 N–H and O–H groups in total. The van der Waals surface area contributed by atoms with Crippen LogP contribution < -0.4 is 0 Å². The zero-order chi connectivity index (χ0) is 11.0. The molecule has 0 spiro atoms. The van der Waals surface area contributed by atoms with Crippen molar-refractivity contribution < 1.29 is 4.79 Å². The van der Waals surface area contributed by atoms with Crippen molar-refractivity contribution in [2.45, 2.75) is 13.8 Å². The van der Waals surface area contributed by atoms with Gasteiger partial charge in [0, 0.05) is 27.3 Å². The van der Waals surface area contributed by atoms with Crippen LogP contribution in [0.2, 0.25) is 0 Å². The van der Waals surface area contributed by atoms with Gasteiger partial charge in [0.25, 0.3) is 0 Å². The minimum atomic E-state index is 0.0816. The van der Waals surface area contributed by atoms with E-state index >= 15 is 0 Å². The molecule has 0 aliphatic heterocycles. The SMILES string of the molecule is CC(=O)c1ccc(Br)c2c(C)nccc12. The highest BCUT2D eigenvalue weighted by molar-refractivity contribution is 9.10. The first-order chi connectivity index (χ1) is 7.11. The predicted octanol–water partition coefficient (Wildman–Crippen LogP) is 3.51. The molecule has 0 saturated carbocycles. The molecule has 2 aromatic rings. The van der Waals surface area contributed by atoms with Gasteiger partial charge in [0.2, 0.25) is 0 Å². The Bertz CT molecular complexity index is 540. The van der Waals surface area contributed by atoms with Gasteiger partial charge in [0.15, 0.2) is 5.78 Å². The third kappa shape index (κ3) is 1.67. The van der Waals surface area contributed by atoms with E-state index in [2.05, 4.69) is 20.9 Å². The summed E-state index contributed by atoms with van der Waals surface area (Å²) in [5, 5.41) is 1.98. The fraction of sp³-hybridized carbons (Fsp3) is 0.167. The molecule has 3 heteroatoms. The lowest BCUT2D eigenvalue weighted by Crippen LogP contribution is -1.95. The number of carbonyl (C=O) groups excluding carboxylic acids is 1. The van der Waals surface area contributed by atoms with Gasteiger partial charge in [0.05, 0.1) is 0 Å². The molecule has 2 rings (SSSR count). The van der Waals surface area contributed by atoms with Crippen LogP contribution in [0.1, 0.15) is 23.0 Å². The normalized spacial score (nSPS) is 10.6. The van der Waals surface area contributed by atoms with Gasteiger partial charge >= 0.3 is 0 Å². The number of Topliss-reactive ketones (excluding diaryl/α,β-unsaturated/α-hetero) is 1. The fourth-order valence-corrected chi connectivity index (χ4v) is 2.36. The van der Waals surface area contributed by atoms with Gasteiger partial charge in [-0.1, -0.05) is 15.9 Å². The van der Waals surface area contributed by atoms with Crippen molar-refractivity contribution in [2.24, 2.45) is 0 Å². The van der Waals surface area contributed by atoms with Crippen molar-refractivity contribution in [3.05, 3.63) is 40.1 Å². The number of fused-ring (bicyclic) bond motifs is 1. The maximum Gasteiger partial charge on any atom is 0.160 e. The van der Waals surface area contributed by atoms with Gasteiger partial charge in [-0.25, -0.2) is 0 Å². The van der Waals surface area contributed by atoms with Crippen molar-refractivity contribution in [2.75, 3.05) is 0 Å². The number of halogens is 1. The summed E-state index contributed by atoms with van der Waals surface area (Å²) in [7, 11) is 0. The second-order valence-corrected chi connectivity index (χ2v) is 4.32. The number of aryl methyl sites for hydroxylation is 1. The molecule has 15 heavy (non-hydrogen) atoms. The number of rotatable bonds is 1. The molecule has 0 atom stereocenters. The summed E-state index contributed by atoms with van der Waals surface area (Å²) in [6.45, 7) is 3.52. The first-order valence-corrected chi connectivity index (χ1v) is 5.45. The molecule has 1 aromatic carbocycles. The van der Waals surface area contributed by atoms with Crippen LogP contribution in [0.25, 0.3) is 10.8 Å². The van der Waals surface area contributed by atoms with E-state index in [4.69, 9.17) is 0 Å². The maximum absolute atomic E-state index is 11.4. The Hall–Kier alpha value is -1.22. The number of pyridine rings is 1. The Morgan fingerprint density at radius 1 is 1.33 bits per heavy atom. The Labute approximate surface area is 96.5 Å². The van der Waals surface area contributed by atoms with Crippen molar-refractivity contribution >= 4 is 32.5 Å². The number of ketones is 1. The minimum absolute atomic E-state index is 0.0816. The van der Waals surface area contributed by atoms with Crippen LogP contribution in [0.5, 0.6) is 0 Å². The molecule has 0 radical (unpaired) electrons. The average molecular weight is 264 g/mol. The number of aromatic nitrogens is 1. The summed E-state index contributed by atoms with van der Waals surface area (Å²) in [6, 6.07) is 5.62. The Morgan fingerprint density at radius 3 is 2.73 bits per heavy atom. The molecule has 0 aliphatic rings. The molecule has 0 amide bonds. The van der Waals surface area contributed by atoms with Crippen molar-refractivity contribution in [3.8, 4) is 0 Å². The predicted molar refractivity (Wildman–Crippen MR) is 64.2 cm³/mol. The third-order valence-corrected chi connectivity index (χ3v) is 3.11. The Balaban J connectivity index is 2.95. The van der Waals surface area contributed by atoms with Crippen LogP contribution in [0, 0.1) is 6.92 Å². The Morgan fingerprint density at radius 2 is 2.07 bits per heavy atom. The van der Waals surface area contributed by atoms with Crippen LogP contribution >= 0.6 is 15.9 Å². The summed E-state index contributed by atoms with van der Waals surface area (Å²) in [5.41, 5.74) is 1.68. The van der Waals surface area contributed by atoms with Gasteiger partial charge in [-0.15, -0.1) is 0 Å². The van der Waals surface area contributed by atoms with Gasteiger partial charge in [-0.3, -0.25) is 9.78 Å². The maximum atomic E-state index is 11.4. The van der Waals surface area contributed by atoms with Gasteiger partial charge < -0.3 is 0 Å². The number of hydrogen-bond donors (Lipinski definition) is 0. The topological polar surface area (TPSA) is 30.0 Å². The second kappa shape index (κ2) is 3.74. The molecule has 1 aromatic heterocycles. The summed E-state index contributed by atoms with van der Waals surface area (Å²) in [5.74, 6) is 0.0816. The van der Waals surface area contributed by atoms with Crippen molar-refractivity contribution in [3.63, 3.8) is 0 Å². The van der Waals surface area contributed by atoms with E-state index in [1.807, 2.05) is 25.1 Å². The number of hydrogen-bond acceptors (Lipinski definition) is 2. The lowest BCUT2D eigenvalue weighted by atomic mass is 10.0. The van der Waals surface area contributed by atoms with E-state index < -0.39 is 0 Å². The summed E-state index contributed by atoms with van der Waals surface area (Å²) >= 11 is 3.48. The van der Waals surface area contributed by atoms with E-state index in [0.717, 1.165) is 26.5 Å². The first-order valence-electron chi connectivity index (χ1n) is 4.66. The zero-order valence-electron chi connectivity index (χ0n) is 8.54. The lowest BCUT2D eigenvalue weighted by molar-refractivity contribution is 0.101. The highest BCUT2D eigenvalue weighted by Crippen LogP contribution is 2.28. The lowest BCUT2D eigenvalue weighted by Gasteiger charge is -2.07. The largest absolute Gasteiger partial charge is 0.294 e. The molecule has 0 aliphatic carbocycles. The van der Waals surface area contributed by atoms with Gasteiger partial charge in [0.1, 0.15) is 0 Å². The quantitative estimate of drug-likeness (QED) is 0.738. The van der Waals surface area contributed by atoms with E-state index in [1.165, 1.54) is 0 Å². The monoisotopic (exact) mass is 263 g/mol. The average Bonchev–Trinajstić information content (AvgIpc) is 2.17. The molecule has 1 heterocycles. The minimum Gasteiger partial charge on any atom is -0.294 e. The van der Waals surface area contributed by atoms with Crippen LogP contribution in [-0.2, 0) is 0 Å². The molecule has 0 saturated heterocycles. The molecule has 0 fully saturated rings. The smallest absolute Gasteiger partial charge is 0.160 e. The van der Waals surface area contributed by atoms with E-state index in [1.54, 1.807) is 13.1 Å². The van der Waals surface area contributed by atoms with Crippen molar-refractivity contribution in [1.29, 1.82) is 0 Å². The molecule has 0 unspecified atom stereocenters. The van der Waals surface area contributed by atoms with E-state index in [9.17, 15) is 4.79 Å². The van der Waals surface area contributed by atoms with E-state index in [0.29, 0.717) is 0 Å². The highest BCUT2D eigenvalue weighted by Gasteiger charge is 2.09. The van der Waals surface area contributed by atoms with Gasteiger partial charge in [-0.2, -0.15) is 0 Å². The number of benzene rings is 1. The molecular formula is C12H10BrNO. The van der Waals surface area contributed by atoms with E-state index in [-0.39, 0.29) is 5.78 Å². The zero-order valence-corrected chi connectivity index (χ0v) is 10.1. The molecule has 76 valence electrons. The fourth-order valence-electron chi connectivity index (χ4n) is 1.73. The van der Waals surface area contributed by atoms with Crippen LogP contribution in [-0.4, -0.2) is 10.8 Å². The number of carbonyl (C=O) groups is 1. The molecule has 2 nitrogen and oxygen atoms in total.